The molecule has 2 aromatic carbocycles. The molecular formula is C17H20FNO. The molecule has 106 valence electrons. The SMILES string of the molecule is CCC(C)c1ccc(Oc2ccc(F)cc2CN)cc1. The molecule has 0 amide bonds. The van der Waals surface area contributed by atoms with E-state index in [1.807, 2.05) is 12.1 Å². The Kier molecular flexibility index (Phi) is 4.74. The third-order valence-electron chi connectivity index (χ3n) is 3.53. The van der Waals surface area contributed by atoms with Crippen molar-refractivity contribution < 1.29 is 9.13 Å². The summed E-state index contributed by atoms with van der Waals surface area (Å²) in [5, 5.41) is 0. The first-order valence-corrected chi connectivity index (χ1v) is 6.90. The third kappa shape index (κ3) is 3.36. The maximum atomic E-state index is 13.1. The molecule has 0 radical (unpaired) electrons. The molecule has 3 heteroatoms. The fourth-order valence-electron chi connectivity index (χ4n) is 2.03. The van der Waals surface area contributed by atoms with E-state index in [9.17, 15) is 4.39 Å². The van der Waals surface area contributed by atoms with E-state index >= 15 is 0 Å². The van der Waals surface area contributed by atoms with Crippen molar-refractivity contribution in [3.63, 3.8) is 0 Å². The lowest BCUT2D eigenvalue weighted by Crippen LogP contribution is -2.00. The molecule has 0 spiro atoms. The second-order valence-corrected chi connectivity index (χ2v) is 4.94. The van der Waals surface area contributed by atoms with Crippen molar-refractivity contribution in [2.24, 2.45) is 5.73 Å². The van der Waals surface area contributed by atoms with Gasteiger partial charge in [0.05, 0.1) is 0 Å². The maximum Gasteiger partial charge on any atom is 0.132 e. The van der Waals surface area contributed by atoms with Crippen molar-refractivity contribution >= 4 is 0 Å². The zero-order valence-corrected chi connectivity index (χ0v) is 11.9. The number of hydrogen-bond donors (Lipinski definition) is 1. The van der Waals surface area contributed by atoms with E-state index in [1.165, 1.54) is 17.7 Å². The minimum absolute atomic E-state index is 0.248. The average Bonchev–Trinajstić information content (AvgIpc) is 2.49. The topological polar surface area (TPSA) is 35.2 Å². The van der Waals surface area contributed by atoms with Crippen molar-refractivity contribution in [2.45, 2.75) is 32.7 Å². The Bertz CT molecular complexity index is 566. The zero-order valence-electron chi connectivity index (χ0n) is 11.9. The summed E-state index contributed by atoms with van der Waals surface area (Å²) in [7, 11) is 0. The maximum absolute atomic E-state index is 13.1. The minimum Gasteiger partial charge on any atom is -0.457 e. The van der Waals surface area contributed by atoms with Gasteiger partial charge in [0.15, 0.2) is 0 Å². The van der Waals surface area contributed by atoms with E-state index in [-0.39, 0.29) is 12.4 Å². The number of rotatable bonds is 5. The van der Waals surface area contributed by atoms with Gasteiger partial charge in [0.25, 0.3) is 0 Å². The summed E-state index contributed by atoms with van der Waals surface area (Å²) in [6.45, 7) is 4.61. The van der Waals surface area contributed by atoms with Crippen LogP contribution in [-0.2, 0) is 6.54 Å². The molecule has 0 saturated carbocycles. The van der Waals surface area contributed by atoms with Gasteiger partial charge in [-0.1, -0.05) is 26.0 Å². The van der Waals surface area contributed by atoms with Crippen LogP contribution in [-0.4, -0.2) is 0 Å². The molecule has 20 heavy (non-hydrogen) atoms. The largest absolute Gasteiger partial charge is 0.457 e. The van der Waals surface area contributed by atoms with E-state index < -0.39 is 0 Å². The number of halogens is 1. The molecule has 1 unspecified atom stereocenters. The van der Waals surface area contributed by atoms with E-state index in [2.05, 4.69) is 26.0 Å². The van der Waals surface area contributed by atoms with Gasteiger partial charge in [0, 0.05) is 12.1 Å². The number of nitrogens with two attached hydrogens (primary N) is 1. The Balaban J connectivity index is 2.18. The molecule has 2 rings (SSSR count). The number of ether oxygens (including phenoxy) is 1. The Labute approximate surface area is 119 Å². The molecule has 1 atom stereocenters. The van der Waals surface area contributed by atoms with Crippen LogP contribution >= 0.6 is 0 Å². The molecule has 0 bridgehead atoms. The fraction of sp³-hybridized carbons (Fsp3) is 0.294. The van der Waals surface area contributed by atoms with Crippen LogP contribution in [0.2, 0.25) is 0 Å². The van der Waals surface area contributed by atoms with Crippen molar-refractivity contribution in [3.05, 3.63) is 59.4 Å². The van der Waals surface area contributed by atoms with Gasteiger partial charge in [-0.3, -0.25) is 0 Å². The van der Waals surface area contributed by atoms with Crippen LogP contribution in [0.5, 0.6) is 11.5 Å². The Hall–Kier alpha value is -1.87. The van der Waals surface area contributed by atoms with Gasteiger partial charge in [0.2, 0.25) is 0 Å². The smallest absolute Gasteiger partial charge is 0.132 e. The van der Waals surface area contributed by atoms with Gasteiger partial charge in [-0.05, 0) is 48.2 Å². The van der Waals surface area contributed by atoms with Crippen LogP contribution in [0.3, 0.4) is 0 Å². The molecular weight excluding hydrogens is 253 g/mol. The summed E-state index contributed by atoms with van der Waals surface area (Å²) in [5.41, 5.74) is 7.56. The highest BCUT2D eigenvalue weighted by Gasteiger charge is 2.07. The van der Waals surface area contributed by atoms with Gasteiger partial charge >= 0.3 is 0 Å². The lowest BCUT2D eigenvalue weighted by Gasteiger charge is -2.12. The molecule has 0 aliphatic rings. The summed E-state index contributed by atoms with van der Waals surface area (Å²) in [5.74, 6) is 1.57. The lowest BCUT2D eigenvalue weighted by atomic mass is 9.99. The molecule has 2 aromatic rings. The summed E-state index contributed by atoms with van der Waals surface area (Å²) in [4.78, 5) is 0. The van der Waals surface area contributed by atoms with Gasteiger partial charge in [-0.15, -0.1) is 0 Å². The average molecular weight is 273 g/mol. The van der Waals surface area contributed by atoms with Crippen LogP contribution in [0.15, 0.2) is 42.5 Å². The van der Waals surface area contributed by atoms with Crippen LogP contribution in [0.25, 0.3) is 0 Å². The van der Waals surface area contributed by atoms with Gasteiger partial charge in [-0.2, -0.15) is 0 Å². The minimum atomic E-state index is -0.301. The van der Waals surface area contributed by atoms with Crippen LogP contribution in [0.1, 0.15) is 37.3 Å². The van der Waals surface area contributed by atoms with E-state index in [4.69, 9.17) is 10.5 Å². The van der Waals surface area contributed by atoms with E-state index in [0.29, 0.717) is 17.2 Å². The zero-order chi connectivity index (χ0) is 14.5. The van der Waals surface area contributed by atoms with Crippen molar-refractivity contribution in [3.8, 4) is 11.5 Å². The Morgan fingerprint density at radius 1 is 1.15 bits per heavy atom. The predicted octanol–water partition coefficient (Wildman–Crippen LogP) is 4.59. The van der Waals surface area contributed by atoms with Crippen molar-refractivity contribution in [1.82, 2.24) is 0 Å². The van der Waals surface area contributed by atoms with Crippen LogP contribution < -0.4 is 10.5 Å². The monoisotopic (exact) mass is 273 g/mol. The standard InChI is InChI=1S/C17H20FNO/c1-3-12(2)13-4-7-16(8-5-13)20-17-9-6-15(18)10-14(17)11-19/h4-10,12H,3,11,19H2,1-2H3. The molecule has 0 fully saturated rings. The second-order valence-electron chi connectivity index (χ2n) is 4.94. The highest BCUT2D eigenvalue weighted by molar-refractivity contribution is 5.39. The molecule has 2 nitrogen and oxygen atoms in total. The van der Waals surface area contributed by atoms with Crippen LogP contribution in [0.4, 0.5) is 4.39 Å². The van der Waals surface area contributed by atoms with Gasteiger partial charge in [-0.25, -0.2) is 4.39 Å². The highest BCUT2D eigenvalue weighted by Crippen LogP contribution is 2.27. The second kappa shape index (κ2) is 6.53. The molecule has 0 heterocycles. The normalized spacial score (nSPS) is 12.2. The van der Waals surface area contributed by atoms with E-state index in [0.717, 1.165) is 12.2 Å². The molecule has 0 saturated heterocycles. The fourth-order valence-corrected chi connectivity index (χ4v) is 2.03. The summed E-state index contributed by atoms with van der Waals surface area (Å²) in [6, 6.07) is 12.4. The predicted molar refractivity (Wildman–Crippen MR) is 79.5 cm³/mol. The van der Waals surface area contributed by atoms with Crippen molar-refractivity contribution in [1.29, 1.82) is 0 Å². The molecule has 0 aliphatic heterocycles. The van der Waals surface area contributed by atoms with Crippen molar-refractivity contribution in [2.75, 3.05) is 0 Å². The molecule has 0 aliphatic carbocycles. The van der Waals surface area contributed by atoms with Gasteiger partial charge < -0.3 is 10.5 Å². The highest BCUT2D eigenvalue weighted by atomic mass is 19.1. The number of benzene rings is 2. The van der Waals surface area contributed by atoms with E-state index in [1.54, 1.807) is 6.07 Å². The summed E-state index contributed by atoms with van der Waals surface area (Å²) >= 11 is 0. The molecule has 2 N–H and O–H groups in total. The summed E-state index contributed by atoms with van der Waals surface area (Å²) in [6.07, 6.45) is 1.11. The third-order valence-corrected chi connectivity index (χ3v) is 3.53. The first-order chi connectivity index (χ1) is 9.63. The summed E-state index contributed by atoms with van der Waals surface area (Å²) < 4.78 is 18.9. The molecule has 0 aromatic heterocycles. The first-order valence-electron chi connectivity index (χ1n) is 6.90. The lowest BCUT2D eigenvalue weighted by molar-refractivity contribution is 0.473. The number of hydrogen-bond acceptors (Lipinski definition) is 2. The Morgan fingerprint density at radius 2 is 1.85 bits per heavy atom. The first kappa shape index (κ1) is 14.5. The quantitative estimate of drug-likeness (QED) is 0.864. The van der Waals surface area contributed by atoms with Crippen LogP contribution in [0, 0.1) is 5.82 Å². The Morgan fingerprint density at radius 3 is 2.45 bits per heavy atom. The van der Waals surface area contributed by atoms with Gasteiger partial charge in [0.1, 0.15) is 17.3 Å².